The number of hydrogen-bond acceptors (Lipinski definition) is 4. The molecule has 2 N–H and O–H groups in total. The fraction of sp³-hybridized carbons (Fsp3) is 0.533. The molecule has 0 saturated heterocycles. The summed E-state index contributed by atoms with van der Waals surface area (Å²) >= 11 is 0. The lowest BCUT2D eigenvalue weighted by molar-refractivity contribution is -0.115. The number of carbonyl (C=O) groups excluding carboxylic acids is 1. The molecule has 1 saturated carbocycles. The molecule has 0 bridgehead atoms. The van der Waals surface area contributed by atoms with Crippen LogP contribution in [0.5, 0.6) is 0 Å². The number of anilines is 1. The predicted octanol–water partition coefficient (Wildman–Crippen LogP) is 1.95. The second kappa shape index (κ2) is 5.81. The van der Waals surface area contributed by atoms with Crippen LogP contribution in [0.4, 0.5) is 5.69 Å². The summed E-state index contributed by atoms with van der Waals surface area (Å²) in [5.41, 5.74) is 1.55. The zero-order chi connectivity index (χ0) is 14.8. The first-order valence-electron chi connectivity index (χ1n) is 7.47. The Morgan fingerprint density at radius 1 is 1.43 bits per heavy atom. The summed E-state index contributed by atoms with van der Waals surface area (Å²) in [6, 6.07) is 2.18. The van der Waals surface area contributed by atoms with E-state index in [0.29, 0.717) is 12.2 Å². The Hall–Kier alpha value is -1.95. The Labute approximate surface area is 123 Å². The number of amides is 1. The number of nitrogens with one attached hydrogen (secondary N) is 2. The van der Waals surface area contributed by atoms with Gasteiger partial charge in [-0.1, -0.05) is 0 Å². The minimum Gasteiger partial charge on any atom is -0.324 e. The molecule has 0 radical (unpaired) electrons. The van der Waals surface area contributed by atoms with Crippen LogP contribution in [-0.2, 0) is 4.79 Å². The van der Waals surface area contributed by atoms with Crippen LogP contribution in [0.1, 0.15) is 32.7 Å². The number of nitrogens with zero attached hydrogens (tertiary/aromatic N) is 3. The largest absolute Gasteiger partial charge is 0.324 e. The van der Waals surface area contributed by atoms with Crippen LogP contribution in [0.2, 0.25) is 0 Å². The maximum atomic E-state index is 11.8. The van der Waals surface area contributed by atoms with Crippen LogP contribution in [0.15, 0.2) is 18.5 Å². The van der Waals surface area contributed by atoms with E-state index >= 15 is 0 Å². The van der Waals surface area contributed by atoms with Gasteiger partial charge in [-0.3, -0.25) is 4.79 Å². The molecule has 0 unspecified atom stereocenters. The van der Waals surface area contributed by atoms with E-state index in [1.807, 2.05) is 10.7 Å². The number of carbonyl (C=O) groups is 1. The zero-order valence-corrected chi connectivity index (χ0v) is 12.5. The Balaban J connectivity index is 1.62. The monoisotopic (exact) mass is 287 g/mol. The molecule has 2 heterocycles. The summed E-state index contributed by atoms with van der Waals surface area (Å²) in [5, 5.41) is 11.3. The van der Waals surface area contributed by atoms with Gasteiger partial charge in [-0.2, -0.15) is 5.10 Å². The van der Waals surface area contributed by atoms with Crippen LogP contribution in [0.25, 0.3) is 11.0 Å². The fourth-order valence-corrected chi connectivity index (χ4v) is 2.30. The van der Waals surface area contributed by atoms with Crippen LogP contribution in [-0.4, -0.2) is 33.8 Å². The summed E-state index contributed by atoms with van der Waals surface area (Å²) in [5.74, 6) is 0.741. The standard InChI is InChI=1S/C15H21N5O/c1-10(2)20-15-12(7-18-20)5-13(8-17-15)19-14(21)9-16-6-11-3-4-11/h5,7-8,10-11,16H,3-4,6,9H2,1-2H3,(H,19,21). The molecule has 2 aromatic heterocycles. The summed E-state index contributed by atoms with van der Waals surface area (Å²) < 4.78 is 1.87. The van der Waals surface area contributed by atoms with Crippen molar-refractivity contribution in [2.75, 3.05) is 18.4 Å². The molecule has 0 aromatic carbocycles. The molecule has 1 aliphatic carbocycles. The van der Waals surface area contributed by atoms with Crippen LogP contribution in [0, 0.1) is 5.92 Å². The molecule has 6 nitrogen and oxygen atoms in total. The third kappa shape index (κ3) is 3.39. The Bertz CT molecular complexity index is 645. The van der Waals surface area contributed by atoms with Crippen molar-refractivity contribution < 1.29 is 4.79 Å². The van der Waals surface area contributed by atoms with Gasteiger partial charge in [0, 0.05) is 11.4 Å². The minimum atomic E-state index is -0.0342. The van der Waals surface area contributed by atoms with Crippen molar-refractivity contribution in [3.8, 4) is 0 Å². The van der Waals surface area contributed by atoms with Crippen molar-refractivity contribution >= 4 is 22.6 Å². The second-order valence-electron chi connectivity index (χ2n) is 5.94. The van der Waals surface area contributed by atoms with Crippen molar-refractivity contribution in [1.29, 1.82) is 0 Å². The highest BCUT2D eigenvalue weighted by Crippen LogP contribution is 2.27. The minimum absolute atomic E-state index is 0.0342. The fourth-order valence-electron chi connectivity index (χ4n) is 2.30. The number of rotatable bonds is 6. The topological polar surface area (TPSA) is 71.8 Å². The first-order valence-corrected chi connectivity index (χ1v) is 7.47. The van der Waals surface area contributed by atoms with Crippen molar-refractivity contribution in [2.45, 2.75) is 32.7 Å². The molecule has 1 aliphatic rings. The van der Waals surface area contributed by atoms with Gasteiger partial charge in [0.05, 0.1) is 24.6 Å². The van der Waals surface area contributed by atoms with E-state index in [1.165, 1.54) is 12.8 Å². The van der Waals surface area contributed by atoms with E-state index in [-0.39, 0.29) is 11.9 Å². The molecule has 1 fully saturated rings. The predicted molar refractivity (Wildman–Crippen MR) is 82.1 cm³/mol. The van der Waals surface area contributed by atoms with Crippen molar-refractivity contribution in [1.82, 2.24) is 20.1 Å². The maximum Gasteiger partial charge on any atom is 0.238 e. The van der Waals surface area contributed by atoms with E-state index in [9.17, 15) is 4.79 Å². The molecule has 0 spiro atoms. The average molecular weight is 287 g/mol. The lowest BCUT2D eigenvalue weighted by Gasteiger charge is -2.08. The maximum absolute atomic E-state index is 11.8. The van der Waals surface area contributed by atoms with Gasteiger partial charge in [0.1, 0.15) is 0 Å². The third-order valence-corrected chi connectivity index (χ3v) is 3.62. The molecule has 0 aliphatic heterocycles. The molecule has 1 amide bonds. The molecule has 6 heteroatoms. The molecular weight excluding hydrogens is 266 g/mol. The highest BCUT2D eigenvalue weighted by Gasteiger charge is 2.20. The van der Waals surface area contributed by atoms with Gasteiger partial charge in [0.15, 0.2) is 5.65 Å². The third-order valence-electron chi connectivity index (χ3n) is 3.62. The lowest BCUT2D eigenvalue weighted by atomic mass is 10.3. The molecule has 3 rings (SSSR count). The normalized spacial score (nSPS) is 14.8. The molecule has 2 aromatic rings. The van der Waals surface area contributed by atoms with Crippen LogP contribution in [0.3, 0.4) is 0 Å². The summed E-state index contributed by atoms with van der Waals surface area (Å²) in [4.78, 5) is 16.2. The summed E-state index contributed by atoms with van der Waals surface area (Å²) in [6.45, 7) is 5.41. The molecule has 112 valence electrons. The second-order valence-corrected chi connectivity index (χ2v) is 5.94. The average Bonchev–Trinajstić information content (AvgIpc) is 3.16. The molecule has 0 atom stereocenters. The smallest absolute Gasteiger partial charge is 0.238 e. The van der Waals surface area contributed by atoms with Crippen LogP contribution < -0.4 is 10.6 Å². The number of pyridine rings is 1. The van der Waals surface area contributed by atoms with Crippen LogP contribution >= 0.6 is 0 Å². The number of fused-ring (bicyclic) bond motifs is 1. The quantitative estimate of drug-likeness (QED) is 0.852. The van der Waals surface area contributed by atoms with E-state index in [0.717, 1.165) is 23.5 Å². The van der Waals surface area contributed by atoms with Gasteiger partial charge in [0.2, 0.25) is 5.91 Å². The van der Waals surface area contributed by atoms with Gasteiger partial charge in [0.25, 0.3) is 0 Å². The van der Waals surface area contributed by atoms with Crippen molar-refractivity contribution in [3.63, 3.8) is 0 Å². The Kier molecular flexibility index (Phi) is 3.88. The van der Waals surface area contributed by atoms with Gasteiger partial charge in [-0.25, -0.2) is 9.67 Å². The number of hydrogen-bond donors (Lipinski definition) is 2. The van der Waals surface area contributed by atoms with Gasteiger partial charge < -0.3 is 10.6 Å². The van der Waals surface area contributed by atoms with E-state index < -0.39 is 0 Å². The lowest BCUT2D eigenvalue weighted by Crippen LogP contribution is -2.29. The highest BCUT2D eigenvalue weighted by atomic mass is 16.1. The Morgan fingerprint density at radius 2 is 2.24 bits per heavy atom. The highest BCUT2D eigenvalue weighted by molar-refractivity contribution is 5.93. The van der Waals surface area contributed by atoms with Crippen molar-refractivity contribution in [3.05, 3.63) is 18.5 Å². The van der Waals surface area contributed by atoms with Gasteiger partial charge in [-0.05, 0) is 45.2 Å². The molecular formula is C15H21N5O. The van der Waals surface area contributed by atoms with E-state index in [4.69, 9.17) is 0 Å². The first-order chi connectivity index (χ1) is 10.1. The number of aromatic nitrogens is 3. The van der Waals surface area contributed by atoms with E-state index in [1.54, 1.807) is 12.4 Å². The van der Waals surface area contributed by atoms with E-state index in [2.05, 4.69) is 34.6 Å². The first kappa shape index (κ1) is 14.0. The SMILES string of the molecule is CC(C)n1ncc2cc(NC(=O)CNCC3CC3)cnc21. The Morgan fingerprint density at radius 3 is 2.95 bits per heavy atom. The zero-order valence-electron chi connectivity index (χ0n) is 12.5. The van der Waals surface area contributed by atoms with Crippen molar-refractivity contribution in [2.24, 2.45) is 5.92 Å². The summed E-state index contributed by atoms with van der Waals surface area (Å²) in [6.07, 6.45) is 6.04. The van der Waals surface area contributed by atoms with Gasteiger partial charge in [-0.15, -0.1) is 0 Å². The summed E-state index contributed by atoms with van der Waals surface area (Å²) in [7, 11) is 0. The van der Waals surface area contributed by atoms with Gasteiger partial charge >= 0.3 is 0 Å². The molecule has 21 heavy (non-hydrogen) atoms.